The van der Waals surface area contributed by atoms with E-state index in [1.54, 1.807) is 18.3 Å². The van der Waals surface area contributed by atoms with Crippen LogP contribution in [0.25, 0.3) is 5.65 Å². The van der Waals surface area contributed by atoms with Crippen LogP contribution < -0.4 is 0 Å². The van der Waals surface area contributed by atoms with E-state index in [4.69, 9.17) is 4.74 Å². The Balaban J connectivity index is 1.63. The van der Waals surface area contributed by atoms with Gasteiger partial charge in [0.1, 0.15) is 0 Å². The van der Waals surface area contributed by atoms with Gasteiger partial charge in [0.15, 0.2) is 5.65 Å². The normalized spacial score (nSPS) is 21.2. The van der Waals surface area contributed by atoms with E-state index in [0.29, 0.717) is 30.9 Å². The molecule has 2 aromatic rings. The number of fused-ring (bicyclic) bond motifs is 1. The third kappa shape index (κ3) is 2.08. The van der Waals surface area contributed by atoms with Crippen molar-refractivity contribution in [3.8, 4) is 0 Å². The van der Waals surface area contributed by atoms with Crippen LogP contribution >= 0.6 is 0 Å². The van der Waals surface area contributed by atoms with Crippen LogP contribution in [0.5, 0.6) is 0 Å². The van der Waals surface area contributed by atoms with Crippen LogP contribution in [-0.4, -0.2) is 56.1 Å². The number of morpholine rings is 1. The van der Waals surface area contributed by atoms with E-state index in [1.807, 2.05) is 4.90 Å². The highest BCUT2D eigenvalue weighted by Crippen LogP contribution is 2.36. The fourth-order valence-electron chi connectivity index (χ4n) is 3.44. The summed E-state index contributed by atoms with van der Waals surface area (Å²) in [5.41, 5.74) is 0.942. The summed E-state index contributed by atoms with van der Waals surface area (Å²) in [6.07, 6.45) is 6.21. The van der Waals surface area contributed by atoms with E-state index < -0.39 is 0 Å². The molecule has 2 aliphatic rings. The summed E-state index contributed by atoms with van der Waals surface area (Å²) in [6.45, 7) is 1.91. The first-order valence-electron chi connectivity index (χ1n) is 7.37. The second-order valence-corrected chi connectivity index (χ2v) is 5.83. The summed E-state index contributed by atoms with van der Waals surface area (Å²) in [6, 6.07) is 3.58. The molecule has 7 heteroatoms. The molecule has 1 aliphatic heterocycles. The minimum atomic E-state index is -0.120. The highest BCUT2D eigenvalue weighted by atomic mass is 16.5. The molecule has 1 aliphatic carbocycles. The van der Waals surface area contributed by atoms with Crippen LogP contribution in [0.1, 0.15) is 36.0 Å². The number of hydrogen-bond donors (Lipinski definition) is 0. The van der Waals surface area contributed by atoms with Gasteiger partial charge >= 0.3 is 0 Å². The molecule has 1 spiro atoms. The average molecular weight is 287 g/mol. The van der Waals surface area contributed by atoms with Gasteiger partial charge in [-0.2, -0.15) is 4.52 Å². The van der Waals surface area contributed by atoms with Crippen molar-refractivity contribution in [2.75, 3.05) is 19.7 Å². The van der Waals surface area contributed by atoms with Gasteiger partial charge in [-0.05, 0) is 35.4 Å². The number of amides is 1. The van der Waals surface area contributed by atoms with Gasteiger partial charge in [0.25, 0.3) is 5.91 Å². The quantitative estimate of drug-likeness (QED) is 0.779. The van der Waals surface area contributed by atoms with E-state index in [2.05, 4.69) is 15.5 Å². The molecule has 0 unspecified atom stereocenters. The maximum absolute atomic E-state index is 12.8. The number of carbonyl (C=O) groups excluding carboxylic acids is 1. The number of pyridine rings is 1. The molecule has 21 heavy (non-hydrogen) atoms. The second-order valence-electron chi connectivity index (χ2n) is 5.83. The molecule has 0 radical (unpaired) electrons. The van der Waals surface area contributed by atoms with E-state index in [1.165, 1.54) is 17.4 Å². The Morgan fingerprint density at radius 1 is 1.33 bits per heavy atom. The first kappa shape index (κ1) is 12.7. The lowest BCUT2D eigenvalue weighted by atomic mass is 9.99. The van der Waals surface area contributed by atoms with Gasteiger partial charge in [0.05, 0.1) is 24.3 Å². The Bertz CT molecular complexity index is 677. The third-order valence-electron chi connectivity index (χ3n) is 4.50. The van der Waals surface area contributed by atoms with Crippen LogP contribution in [0.4, 0.5) is 0 Å². The lowest BCUT2D eigenvalue weighted by molar-refractivity contribution is -0.0948. The lowest BCUT2D eigenvalue weighted by Gasteiger charge is -2.40. The number of ether oxygens (including phenoxy) is 1. The third-order valence-corrected chi connectivity index (χ3v) is 4.50. The van der Waals surface area contributed by atoms with Crippen molar-refractivity contribution in [3.63, 3.8) is 0 Å². The van der Waals surface area contributed by atoms with Gasteiger partial charge in [0, 0.05) is 12.7 Å². The molecule has 0 atom stereocenters. The first-order valence-corrected chi connectivity index (χ1v) is 7.37. The molecule has 2 fully saturated rings. The number of aromatic nitrogens is 4. The highest BCUT2D eigenvalue weighted by molar-refractivity contribution is 5.99. The van der Waals surface area contributed by atoms with E-state index >= 15 is 0 Å². The van der Waals surface area contributed by atoms with Gasteiger partial charge in [0.2, 0.25) is 0 Å². The summed E-state index contributed by atoms with van der Waals surface area (Å²) in [5.74, 6) is -0.00928. The summed E-state index contributed by atoms with van der Waals surface area (Å²) < 4.78 is 7.50. The zero-order valence-corrected chi connectivity index (χ0v) is 11.7. The summed E-state index contributed by atoms with van der Waals surface area (Å²) in [4.78, 5) is 14.7. The molecule has 1 amide bonds. The Kier molecular flexibility index (Phi) is 2.88. The maximum Gasteiger partial charge on any atom is 0.257 e. The standard InChI is InChI=1S/C14H17N5O2/c20-13(11-4-3-7-19-12(11)15-16-17-19)18-8-9-21-14(10-18)5-1-2-6-14/h3-4,7H,1-2,5-6,8-10H2. The SMILES string of the molecule is O=C(c1cccn2nnnc12)N1CCOC2(CCCC2)C1. The molecule has 7 nitrogen and oxygen atoms in total. The molecule has 0 N–H and O–H groups in total. The zero-order valence-electron chi connectivity index (χ0n) is 11.7. The fraction of sp³-hybridized carbons (Fsp3) is 0.571. The van der Waals surface area contributed by atoms with E-state index in [-0.39, 0.29) is 11.5 Å². The largest absolute Gasteiger partial charge is 0.371 e. The van der Waals surface area contributed by atoms with E-state index in [0.717, 1.165) is 12.8 Å². The molecule has 0 aromatic carbocycles. The Hall–Kier alpha value is -2.02. The smallest absolute Gasteiger partial charge is 0.257 e. The maximum atomic E-state index is 12.8. The summed E-state index contributed by atoms with van der Waals surface area (Å²) >= 11 is 0. The molecule has 0 bridgehead atoms. The molecule has 1 saturated heterocycles. The minimum absolute atomic E-state index is 0.00928. The predicted octanol–water partition coefficient (Wildman–Crippen LogP) is 0.909. The van der Waals surface area contributed by atoms with Gasteiger partial charge in [-0.3, -0.25) is 4.79 Å². The molecule has 4 rings (SSSR count). The zero-order chi connectivity index (χ0) is 14.3. The average Bonchev–Trinajstić information content (AvgIpc) is 3.15. The molecule has 1 saturated carbocycles. The number of tetrazole rings is 1. The van der Waals surface area contributed by atoms with Gasteiger partial charge in [-0.15, -0.1) is 5.10 Å². The predicted molar refractivity (Wildman–Crippen MR) is 73.8 cm³/mol. The monoisotopic (exact) mass is 287 g/mol. The first-order chi connectivity index (χ1) is 10.3. The summed E-state index contributed by atoms with van der Waals surface area (Å²) in [7, 11) is 0. The van der Waals surface area contributed by atoms with Gasteiger partial charge in [-0.25, -0.2) is 0 Å². The number of hydrogen-bond acceptors (Lipinski definition) is 5. The van der Waals surface area contributed by atoms with Crippen molar-refractivity contribution in [2.45, 2.75) is 31.3 Å². The molecular formula is C14H17N5O2. The van der Waals surface area contributed by atoms with Crippen LogP contribution in [0, 0.1) is 0 Å². The molecule has 3 heterocycles. The van der Waals surface area contributed by atoms with Gasteiger partial charge < -0.3 is 9.64 Å². The fourth-order valence-corrected chi connectivity index (χ4v) is 3.44. The van der Waals surface area contributed by atoms with Crippen molar-refractivity contribution in [1.82, 2.24) is 24.9 Å². The van der Waals surface area contributed by atoms with Crippen molar-refractivity contribution in [1.29, 1.82) is 0 Å². The van der Waals surface area contributed by atoms with Gasteiger partial charge in [-0.1, -0.05) is 12.8 Å². The Morgan fingerprint density at radius 3 is 3.05 bits per heavy atom. The Morgan fingerprint density at radius 2 is 2.19 bits per heavy atom. The van der Waals surface area contributed by atoms with Crippen molar-refractivity contribution in [3.05, 3.63) is 23.9 Å². The van der Waals surface area contributed by atoms with Crippen molar-refractivity contribution in [2.24, 2.45) is 0 Å². The van der Waals surface area contributed by atoms with Crippen LogP contribution in [-0.2, 0) is 4.74 Å². The summed E-state index contributed by atoms with van der Waals surface area (Å²) in [5, 5.41) is 11.4. The highest BCUT2D eigenvalue weighted by Gasteiger charge is 2.41. The number of nitrogens with zero attached hydrogens (tertiary/aromatic N) is 5. The number of carbonyl (C=O) groups is 1. The number of rotatable bonds is 1. The molecule has 2 aromatic heterocycles. The van der Waals surface area contributed by atoms with E-state index in [9.17, 15) is 4.79 Å². The van der Waals surface area contributed by atoms with Crippen molar-refractivity contribution < 1.29 is 9.53 Å². The lowest BCUT2D eigenvalue weighted by Crippen LogP contribution is -2.52. The van der Waals surface area contributed by atoms with Crippen molar-refractivity contribution >= 4 is 11.6 Å². The minimum Gasteiger partial charge on any atom is -0.371 e. The van der Waals surface area contributed by atoms with Crippen LogP contribution in [0.15, 0.2) is 18.3 Å². The molecular weight excluding hydrogens is 270 g/mol. The molecule has 110 valence electrons. The topological polar surface area (TPSA) is 72.6 Å². The van der Waals surface area contributed by atoms with Crippen LogP contribution in [0.2, 0.25) is 0 Å². The van der Waals surface area contributed by atoms with Crippen LogP contribution in [0.3, 0.4) is 0 Å². The second kappa shape index (κ2) is 4.77. The Labute approximate surface area is 121 Å².